The van der Waals surface area contributed by atoms with E-state index in [1.54, 1.807) is 10.9 Å². The second-order valence-corrected chi connectivity index (χ2v) is 5.07. The Morgan fingerprint density at radius 2 is 2.32 bits per heavy atom. The number of hydrogen-bond acceptors (Lipinski definition) is 4. The topological polar surface area (TPSA) is 77.0 Å². The normalized spacial score (nSPS) is 20.3. The van der Waals surface area contributed by atoms with Crippen molar-refractivity contribution in [2.75, 3.05) is 13.1 Å². The zero-order valence-corrected chi connectivity index (χ0v) is 11.6. The third-order valence-corrected chi connectivity index (χ3v) is 3.73. The number of carbonyl (C=O) groups is 1. The van der Waals surface area contributed by atoms with E-state index in [4.69, 9.17) is 5.73 Å². The van der Waals surface area contributed by atoms with Crippen LogP contribution in [0.25, 0.3) is 0 Å². The van der Waals surface area contributed by atoms with Gasteiger partial charge in [0.25, 0.3) is 5.91 Å². The van der Waals surface area contributed by atoms with E-state index in [-0.39, 0.29) is 5.91 Å². The van der Waals surface area contributed by atoms with Crippen molar-refractivity contribution in [2.24, 2.45) is 5.73 Å². The molecule has 1 aliphatic heterocycles. The summed E-state index contributed by atoms with van der Waals surface area (Å²) in [5.74, 6) is 0.0111. The molecule has 0 aromatic carbocycles. The molecule has 6 nitrogen and oxygen atoms in total. The van der Waals surface area contributed by atoms with E-state index in [1.807, 2.05) is 4.90 Å². The number of nitrogens with two attached hydrogens (primary N) is 1. The minimum Gasteiger partial charge on any atom is -0.334 e. The molecule has 1 amide bonds. The van der Waals surface area contributed by atoms with Gasteiger partial charge in [-0.1, -0.05) is 25.0 Å². The first-order valence-electron chi connectivity index (χ1n) is 7.17. The van der Waals surface area contributed by atoms with Crippen LogP contribution in [-0.2, 0) is 6.54 Å². The maximum absolute atomic E-state index is 12.5. The average molecular weight is 265 g/mol. The largest absolute Gasteiger partial charge is 0.334 e. The Labute approximate surface area is 113 Å². The second-order valence-electron chi connectivity index (χ2n) is 5.07. The van der Waals surface area contributed by atoms with E-state index in [9.17, 15) is 4.79 Å². The standard InChI is InChI=1S/C13H23N5O/c1-2-11-6-4-3-5-8-18(11)13(19)12-10-17(9-7-14)16-15-12/h10-11H,2-9,14H2,1H3. The lowest BCUT2D eigenvalue weighted by atomic mass is 10.1. The molecule has 6 heteroatoms. The molecule has 1 atom stereocenters. The Bertz CT molecular complexity index is 417. The van der Waals surface area contributed by atoms with Crippen LogP contribution in [0.5, 0.6) is 0 Å². The van der Waals surface area contributed by atoms with Gasteiger partial charge in [-0.05, 0) is 19.3 Å². The van der Waals surface area contributed by atoms with Crippen LogP contribution in [0, 0.1) is 0 Å². The minimum absolute atomic E-state index is 0.0111. The summed E-state index contributed by atoms with van der Waals surface area (Å²) in [7, 11) is 0. The Kier molecular flexibility index (Phi) is 4.90. The number of amides is 1. The molecule has 106 valence electrons. The molecule has 0 spiro atoms. The van der Waals surface area contributed by atoms with Crippen LogP contribution >= 0.6 is 0 Å². The van der Waals surface area contributed by atoms with Crippen molar-refractivity contribution >= 4 is 5.91 Å². The minimum atomic E-state index is 0.0111. The fraction of sp³-hybridized carbons (Fsp3) is 0.769. The quantitative estimate of drug-likeness (QED) is 0.882. The van der Waals surface area contributed by atoms with E-state index in [1.165, 1.54) is 12.8 Å². The molecule has 0 radical (unpaired) electrons. The monoisotopic (exact) mass is 265 g/mol. The third kappa shape index (κ3) is 3.32. The van der Waals surface area contributed by atoms with E-state index in [0.717, 1.165) is 25.8 Å². The van der Waals surface area contributed by atoms with Crippen LogP contribution in [0.1, 0.15) is 49.5 Å². The zero-order valence-electron chi connectivity index (χ0n) is 11.6. The molecule has 2 N–H and O–H groups in total. The maximum Gasteiger partial charge on any atom is 0.276 e. The van der Waals surface area contributed by atoms with E-state index in [2.05, 4.69) is 17.2 Å². The number of carbonyl (C=O) groups excluding carboxylic acids is 1. The van der Waals surface area contributed by atoms with Gasteiger partial charge in [-0.15, -0.1) is 5.10 Å². The maximum atomic E-state index is 12.5. The highest BCUT2D eigenvalue weighted by Crippen LogP contribution is 2.20. The lowest BCUT2D eigenvalue weighted by Gasteiger charge is -2.28. The fourth-order valence-electron chi connectivity index (χ4n) is 2.65. The van der Waals surface area contributed by atoms with Crippen molar-refractivity contribution in [3.8, 4) is 0 Å². The predicted molar refractivity (Wildman–Crippen MR) is 72.7 cm³/mol. The van der Waals surface area contributed by atoms with Gasteiger partial charge in [0, 0.05) is 19.1 Å². The SMILES string of the molecule is CCC1CCCCCN1C(=O)c1cn(CCN)nn1. The molecule has 0 saturated carbocycles. The first-order valence-corrected chi connectivity index (χ1v) is 7.17. The molecule has 1 saturated heterocycles. The lowest BCUT2D eigenvalue weighted by Crippen LogP contribution is -2.39. The molecule has 0 aliphatic carbocycles. The Morgan fingerprint density at radius 3 is 3.05 bits per heavy atom. The molecule has 1 aromatic heterocycles. The van der Waals surface area contributed by atoms with Gasteiger partial charge in [0.2, 0.25) is 0 Å². The van der Waals surface area contributed by atoms with E-state index >= 15 is 0 Å². The summed E-state index contributed by atoms with van der Waals surface area (Å²) in [6.45, 7) is 4.07. The van der Waals surface area contributed by atoms with Gasteiger partial charge in [-0.3, -0.25) is 9.48 Å². The molecule has 1 fully saturated rings. The highest BCUT2D eigenvalue weighted by Gasteiger charge is 2.26. The molecule has 1 aromatic rings. The van der Waals surface area contributed by atoms with Gasteiger partial charge < -0.3 is 10.6 Å². The van der Waals surface area contributed by atoms with Gasteiger partial charge in [0.05, 0.1) is 12.7 Å². The summed E-state index contributed by atoms with van der Waals surface area (Å²) < 4.78 is 1.63. The lowest BCUT2D eigenvalue weighted by molar-refractivity contribution is 0.0672. The van der Waals surface area contributed by atoms with Crippen molar-refractivity contribution in [1.82, 2.24) is 19.9 Å². The van der Waals surface area contributed by atoms with Crippen molar-refractivity contribution in [3.05, 3.63) is 11.9 Å². The average Bonchev–Trinajstić information content (AvgIpc) is 2.75. The summed E-state index contributed by atoms with van der Waals surface area (Å²) in [6.07, 6.45) is 7.30. The number of hydrogen-bond donors (Lipinski definition) is 1. The van der Waals surface area contributed by atoms with Crippen LogP contribution in [-0.4, -0.2) is 44.9 Å². The summed E-state index contributed by atoms with van der Waals surface area (Å²) in [5.41, 5.74) is 5.91. The van der Waals surface area contributed by atoms with Gasteiger partial charge in [-0.25, -0.2) is 0 Å². The van der Waals surface area contributed by atoms with Crippen molar-refractivity contribution in [3.63, 3.8) is 0 Å². The number of likely N-dealkylation sites (tertiary alicyclic amines) is 1. The predicted octanol–water partition coefficient (Wildman–Crippen LogP) is 1.03. The Morgan fingerprint density at radius 1 is 1.47 bits per heavy atom. The highest BCUT2D eigenvalue weighted by atomic mass is 16.2. The molecular formula is C13H23N5O. The molecule has 1 aliphatic rings. The molecular weight excluding hydrogens is 242 g/mol. The summed E-state index contributed by atoms with van der Waals surface area (Å²) in [5, 5.41) is 7.91. The Hall–Kier alpha value is -1.43. The van der Waals surface area contributed by atoms with Crippen LogP contribution in [0.2, 0.25) is 0 Å². The van der Waals surface area contributed by atoms with Crippen molar-refractivity contribution in [2.45, 2.75) is 51.6 Å². The van der Waals surface area contributed by atoms with Gasteiger partial charge in [0.1, 0.15) is 0 Å². The second kappa shape index (κ2) is 6.65. The molecule has 0 bridgehead atoms. The van der Waals surface area contributed by atoms with Gasteiger partial charge in [0.15, 0.2) is 5.69 Å². The Balaban J connectivity index is 2.10. The summed E-state index contributed by atoms with van der Waals surface area (Å²) >= 11 is 0. The number of aromatic nitrogens is 3. The summed E-state index contributed by atoms with van der Waals surface area (Å²) in [4.78, 5) is 14.5. The highest BCUT2D eigenvalue weighted by molar-refractivity contribution is 5.92. The molecule has 2 rings (SSSR count). The molecule has 19 heavy (non-hydrogen) atoms. The summed E-state index contributed by atoms with van der Waals surface area (Å²) in [6, 6.07) is 0.342. The van der Waals surface area contributed by atoms with E-state index in [0.29, 0.717) is 24.8 Å². The van der Waals surface area contributed by atoms with Crippen LogP contribution in [0.3, 0.4) is 0 Å². The van der Waals surface area contributed by atoms with Crippen molar-refractivity contribution in [1.29, 1.82) is 0 Å². The number of rotatable bonds is 4. The number of nitrogens with zero attached hydrogens (tertiary/aromatic N) is 4. The van der Waals surface area contributed by atoms with Gasteiger partial charge in [-0.2, -0.15) is 0 Å². The molecule has 1 unspecified atom stereocenters. The molecule has 2 heterocycles. The zero-order chi connectivity index (χ0) is 13.7. The first kappa shape index (κ1) is 14.0. The van der Waals surface area contributed by atoms with E-state index < -0.39 is 0 Å². The van der Waals surface area contributed by atoms with Crippen LogP contribution in [0.15, 0.2) is 6.20 Å². The van der Waals surface area contributed by atoms with Crippen LogP contribution < -0.4 is 5.73 Å². The van der Waals surface area contributed by atoms with Crippen LogP contribution in [0.4, 0.5) is 0 Å². The van der Waals surface area contributed by atoms with Crippen molar-refractivity contribution < 1.29 is 4.79 Å². The fourth-order valence-corrected chi connectivity index (χ4v) is 2.65. The first-order chi connectivity index (χ1) is 9.26. The van der Waals surface area contributed by atoms with Gasteiger partial charge >= 0.3 is 0 Å². The smallest absolute Gasteiger partial charge is 0.276 e. The third-order valence-electron chi connectivity index (χ3n) is 3.73.